The molecule has 3 unspecified atom stereocenters. The number of amides is 2. The number of nitrogens with zero attached hydrogens (tertiary/aromatic N) is 1. The molecule has 8 heteroatoms. The maximum absolute atomic E-state index is 13.9. The van der Waals surface area contributed by atoms with E-state index in [2.05, 4.69) is 0 Å². The molecule has 35 heavy (non-hydrogen) atoms. The van der Waals surface area contributed by atoms with Crippen LogP contribution in [0.25, 0.3) is 0 Å². The van der Waals surface area contributed by atoms with E-state index >= 15 is 0 Å². The molecule has 6 rings (SSSR count). The summed E-state index contributed by atoms with van der Waals surface area (Å²) < 4.78 is 6.24. The van der Waals surface area contributed by atoms with Crippen molar-refractivity contribution in [3.63, 3.8) is 0 Å². The fourth-order valence-electron chi connectivity index (χ4n) is 5.49. The van der Waals surface area contributed by atoms with Gasteiger partial charge in [0.15, 0.2) is 0 Å². The van der Waals surface area contributed by atoms with Gasteiger partial charge in [-0.2, -0.15) is 0 Å². The Hall–Kier alpha value is -3.32. The smallest absolute Gasteiger partial charge is 0.241 e. The molecule has 0 radical (unpaired) electrons. The molecule has 2 fully saturated rings. The summed E-state index contributed by atoms with van der Waals surface area (Å²) in [5.74, 6) is -4.94. The maximum Gasteiger partial charge on any atom is 0.241 e. The number of ether oxygens (including phenoxy) is 1. The van der Waals surface area contributed by atoms with Gasteiger partial charge in [0, 0.05) is 16.7 Å². The normalized spacial score (nSPS) is 24.4. The second-order valence-corrected chi connectivity index (χ2v) is 9.76. The minimum absolute atomic E-state index is 0.138. The zero-order valence-electron chi connectivity index (χ0n) is 18.3. The van der Waals surface area contributed by atoms with Gasteiger partial charge in [-0.25, -0.2) is 4.90 Å². The molecule has 3 aliphatic rings. The fourth-order valence-corrected chi connectivity index (χ4v) is 5.90. The van der Waals surface area contributed by atoms with Gasteiger partial charge in [-0.1, -0.05) is 77.3 Å². The van der Waals surface area contributed by atoms with Crippen molar-refractivity contribution in [2.75, 3.05) is 4.90 Å². The fraction of sp³-hybridized carbons (Fsp3) is 0.185. The van der Waals surface area contributed by atoms with Crippen LogP contribution in [0.15, 0.2) is 66.7 Å². The highest BCUT2D eigenvalue weighted by atomic mass is 35.5. The second-order valence-electron chi connectivity index (χ2n) is 8.97. The summed E-state index contributed by atoms with van der Waals surface area (Å²) in [4.78, 5) is 56.3. The van der Waals surface area contributed by atoms with Gasteiger partial charge < -0.3 is 4.74 Å². The Morgan fingerprint density at radius 2 is 1.43 bits per heavy atom. The summed E-state index contributed by atoms with van der Waals surface area (Å²) in [5, 5.41) is 0.365. The average Bonchev–Trinajstić information content (AvgIpc) is 3.42. The molecule has 1 aliphatic carbocycles. The first-order chi connectivity index (χ1) is 16.8. The number of hydrogen-bond donors (Lipinski definition) is 0. The van der Waals surface area contributed by atoms with E-state index in [1.54, 1.807) is 54.6 Å². The predicted molar refractivity (Wildman–Crippen MR) is 129 cm³/mol. The minimum Gasteiger partial charge on any atom is -0.349 e. The first kappa shape index (κ1) is 22.2. The number of rotatable bonds is 2. The number of benzene rings is 3. The standard InChI is InChI=1S/C27H17Cl2NO5/c1-13-9-11-14(12-10-13)30-25(33)19-20(26(30)34)27(23(31)15-5-2-3-6-16(15)24(27)32)35-22(19)17-7-4-8-18(28)21(17)29/h2-12,19-20,22H,1H3. The first-order valence-electron chi connectivity index (χ1n) is 11.0. The number of carbonyl (C=O) groups is 4. The summed E-state index contributed by atoms with van der Waals surface area (Å²) in [6.07, 6.45) is -1.12. The third-order valence-corrected chi connectivity index (χ3v) is 7.93. The number of fused-ring (bicyclic) bond motifs is 3. The maximum atomic E-state index is 13.9. The number of ketones is 2. The van der Waals surface area contributed by atoms with Gasteiger partial charge in [0.1, 0.15) is 0 Å². The molecule has 2 heterocycles. The molecule has 3 aromatic carbocycles. The van der Waals surface area contributed by atoms with Crippen LogP contribution in [0.2, 0.25) is 10.0 Å². The minimum atomic E-state index is -2.16. The Kier molecular flexibility index (Phi) is 4.81. The predicted octanol–water partition coefficient (Wildman–Crippen LogP) is 5.00. The molecule has 0 bridgehead atoms. The van der Waals surface area contributed by atoms with Crippen LogP contribution in [0, 0.1) is 18.8 Å². The van der Waals surface area contributed by atoms with E-state index < -0.39 is 46.9 Å². The van der Waals surface area contributed by atoms with Crippen molar-refractivity contribution < 1.29 is 23.9 Å². The van der Waals surface area contributed by atoms with Crippen molar-refractivity contribution in [2.24, 2.45) is 11.8 Å². The third kappa shape index (κ3) is 2.82. The number of anilines is 1. The molecular weight excluding hydrogens is 489 g/mol. The Balaban J connectivity index is 1.57. The summed E-state index contributed by atoms with van der Waals surface area (Å²) >= 11 is 12.7. The molecule has 0 saturated carbocycles. The Bertz CT molecular complexity index is 1430. The van der Waals surface area contributed by atoms with E-state index in [1.807, 2.05) is 6.92 Å². The van der Waals surface area contributed by atoms with Gasteiger partial charge in [0.2, 0.25) is 29.0 Å². The zero-order valence-corrected chi connectivity index (χ0v) is 19.8. The zero-order chi connectivity index (χ0) is 24.6. The van der Waals surface area contributed by atoms with Gasteiger partial charge in [0.25, 0.3) is 0 Å². The van der Waals surface area contributed by atoms with Gasteiger partial charge >= 0.3 is 0 Å². The summed E-state index contributed by atoms with van der Waals surface area (Å²) in [6.45, 7) is 1.89. The van der Waals surface area contributed by atoms with Gasteiger partial charge in [-0.15, -0.1) is 0 Å². The quantitative estimate of drug-likeness (QED) is 0.361. The number of imide groups is 1. The van der Waals surface area contributed by atoms with Crippen LogP contribution < -0.4 is 4.90 Å². The SMILES string of the molecule is Cc1ccc(N2C(=O)C3C(c4cccc(Cl)c4Cl)OC4(C(=O)c5ccccc5C4=O)C3C2=O)cc1. The molecule has 2 saturated heterocycles. The van der Waals surface area contributed by atoms with Crippen molar-refractivity contribution in [1.82, 2.24) is 0 Å². The van der Waals surface area contributed by atoms with E-state index in [-0.39, 0.29) is 21.2 Å². The van der Waals surface area contributed by atoms with Crippen LogP contribution in [0.3, 0.4) is 0 Å². The first-order valence-corrected chi connectivity index (χ1v) is 11.8. The lowest BCUT2D eigenvalue weighted by Crippen LogP contribution is -2.51. The number of halogens is 2. The van der Waals surface area contributed by atoms with Crippen LogP contribution in [0.4, 0.5) is 5.69 Å². The second kappa shape index (κ2) is 7.59. The highest BCUT2D eigenvalue weighted by molar-refractivity contribution is 6.42. The van der Waals surface area contributed by atoms with Crippen molar-refractivity contribution in [1.29, 1.82) is 0 Å². The molecule has 3 aromatic rings. The van der Waals surface area contributed by atoms with Crippen LogP contribution in [0.1, 0.15) is 37.9 Å². The van der Waals surface area contributed by atoms with Crippen molar-refractivity contribution >= 4 is 52.3 Å². The van der Waals surface area contributed by atoms with Gasteiger partial charge in [0.05, 0.1) is 33.7 Å². The van der Waals surface area contributed by atoms with Crippen molar-refractivity contribution in [2.45, 2.75) is 18.6 Å². The third-order valence-electron chi connectivity index (χ3n) is 7.10. The molecule has 2 aliphatic heterocycles. The van der Waals surface area contributed by atoms with Gasteiger partial charge in [-0.05, 0) is 25.1 Å². The summed E-state index contributed by atoms with van der Waals surface area (Å²) in [5.41, 5.74) is -0.160. The number of Topliss-reactive ketones (excluding diaryl/α,β-unsaturated/α-hetero) is 2. The molecular formula is C27H17Cl2NO5. The summed E-state index contributed by atoms with van der Waals surface area (Å²) in [7, 11) is 0. The summed E-state index contributed by atoms with van der Waals surface area (Å²) in [6, 6.07) is 18.1. The molecule has 6 nitrogen and oxygen atoms in total. The lowest BCUT2D eigenvalue weighted by Gasteiger charge is -2.27. The monoisotopic (exact) mass is 505 g/mol. The van der Waals surface area contributed by atoms with Crippen LogP contribution in [-0.2, 0) is 14.3 Å². The topological polar surface area (TPSA) is 80.8 Å². The Labute approximate surface area is 210 Å². The molecule has 174 valence electrons. The van der Waals surface area contributed by atoms with Crippen LogP contribution >= 0.6 is 23.2 Å². The number of aryl methyl sites for hydroxylation is 1. The molecule has 0 aromatic heterocycles. The lowest BCUT2D eigenvalue weighted by molar-refractivity contribution is -0.127. The molecule has 2 amide bonds. The van der Waals surface area contributed by atoms with E-state index in [4.69, 9.17) is 27.9 Å². The largest absolute Gasteiger partial charge is 0.349 e. The highest BCUT2D eigenvalue weighted by Crippen LogP contribution is 2.58. The lowest BCUT2D eigenvalue weighted by atomic mass is 9.77. The Morgan fingerprint density at radius 1 is 0.800 bits per heavy atom. The number of hydrogen-bond acceptors (Lipinski definition) is 5. The number of carbonyl (C=O) groups excluding carboxylic acids is 4. The van der Waals surface area contributed by atoms with E-state index in [0.717, 1.165) is 10.5 Å². The van der Waals surface area contributed by atoms with Crippen LogP contribution in [0.5, 0.6) is 0 Å². The van der Waals surface area contributed by atoms with Crippen molar-refractivity contribution in [3.8, 4) is 0 Å². The van der Waals surface area contributed by atoms with Crippen molar-refractivity contribution in [3.05, 3.63) is 99.0 Å². The van der Waals surface area contributed by atoms with E-state index in [1.165, 1.54) is 12.1 Å². The Morgan fingerprint density at radius 3 is 2.06 bits per heavy atom. The van der Waals surface area contributed by atoms with Gasteiger partial charge in [-0.3, -0.25) is 19.2 Å². The average molecular weight is 506 g/mol. The van der Waals surface area contributed by atoms with E-state index in [9.17, 15) is 19.2 Å². The molecule has 0 N–H and O–H groups in total. The molecule has 3 atom stereocenters. The van der Waals surface area contributed by atoms with Crippen LogP contribution in [-0.4, -0.2) is 29.0 Å². The highest BCUT2D eigenvalue weighted by Gasteiger charge is 2.74. The molecule has 1 spiro atoms. The van der Waals surface area contributed by atoms with E-state index in [0.29, 0.717) is 11.3 Å².